The van der Waals surface area contributed by atoms with Crippen LogP contribution in [0.3, 0.4) is 0 Å². The van der Waals surface area contributed by atoms with E-state index in [0.717, 1.165) is 25.7 Å². The molecule has 1 saturated carbocycles. The highest BCUT2D eigenvalue weighted by atomic mass is 16.5. The van der Waals surface area contributed by atoms with Crippen molar-refractivity contribution >= 4 is 6.09 Å². The molecule has 0 aromatic carbocycles. The van der Waals surface area contributed by atoms with E-state index in [2.05, 4.69) is 12.2 Å². The first kappa shape index (κ1) is 14.3. The van der Waals surface area contributed by atoms with Crippen LogP contribution in [0.4, 0.5) is 4.79 Å². The zero-order chi connectivity index (χ0) is 12.5. The number of aliphatic hydroxyl groups is 1. The van der Waals surface area contributed by atoms with E-state index in [1.54, 1.807) is 0 Å². The standard InChI is InChI=1S/C13H25NO3/c1-2-3-8-17-13(16)14-9-11-6-4-5-7-12(11)10-15/h11-12,15H,2-10H2,1H3,(H,14,16)/t11-,12-/m0/s1. The highest BCUT2D eigenvalue weighted by Crippen LogP contribution is 2.28. The van der Waals surface area contributed by atoms with Gasteiger partial charge in [-0.3, -0.25) is 0 Å². The molecule has 1 aliphatic carbocycles. The molecule has 2 atom stereocenters. The van der Waals surface area contributed by atoms with Crippen molar-refractivity contribution in [2.45, 2.75) is 45.4 Å². The van der Waals surface area contributed by atoms with Crippen molar-refractivity contribution in [2.75, 3.05) is 19.8 Å². The molecule has 4 heteroatoms. The van der Waals surface area contributed by atoms with Gasteiger partial charge in [0, 0.05) is 13.2 Å². The second-order valence-electron chi connectivity index (χ2n) is 4.86. The number of unbranched alkanes of at least 4 members (excludes halogenated alkanes) is 1. The Morgan fingerprint density at radius 3 is 2.71 bits per heavy atom. The lowest BCUT2D eigenvalue weighted by Crippen LogP contribution is -2.35. The molecule has 0 aliphatic heterocycles. The fraction of sp³-hybridized carbons (Fsp3) is 0.923. The number of hydrogen-bond acceptors (Lipinski definition) is 3. The molecule has 2 N–H and O–H groups in total. The van der Waals surface area contributed by atoms with E-state index in [4.69, 9.17) is 4.74 Å². The Balaban J connectivity index is 2.17. The van der Waals surface area contributed by atoms with Gasteiger partial charge >= 0.3 is 6.09 Å². The third kappa shape index (κ3) is 5.39. The maximum absolute atomic E-state index is 11.4. The minimum absolute atomic E-state index is 0.233. The van der Waals surface area contributed by atoms with Crippen molar-refractivity contribution in [2.24, 2.45) is 11.8 Å². The molecule has 0 spiro atoms. The first-order chi connectivity index (χ1) is 8.27. The topological polar surface area (TPSA) is 58.6 Å². The summed E-state index contributed by atoms with van der Waals surface area (Å²) < 4.78 is 5.03. The van der Waals surface area contributed by atoms with Crippen molar-refractivity contribution in [3.63, 3.8) is 0 Å². The van der Waals surface area contributed by atoms with Gasteiger partial charge in [-0.1, -0.05) is 26.2 Å². The number of alkyl carbamates (subject to hydrolysis) is 1. The van der Waals surface area contributed by atoms with Gasteiger partial charge in [0.05, 0.1) is 6.61 Å². The maximum atomic E-state index is 11.4. The van der Waals surface area contributed by atoms with Crippen LogP contribution >= 0.6 is 0 Å². The summed E-state index contributed by atoms with van der Waals surface area (Å²) in [6.07, 6.45) is 6.20. The Hall–Kier alpha value is -0.770. The fourth-order valence-corrected chi connectivity index (χ4v) is 2.37. The summed E-state index contributed by atoms with van der Waals surface area (Å²) in [6.45, 7) is 3.43. The first-order valence-corrected chi connectivity index (χ1v) is 6.79. The van der Waals surface area contributed by atoms with E-state index < -0.39 is 0 Å². The third-order valence-electron chi connectivity index (χ3n) is 3.54. The molecule has 0 unspecified atom stereocenters. The molecule has 4 nitrogen and oxygen atoms in total. The third-order valence-corrected chi connectivity index (χ3v) is 3.54. The zero-order valence-corrected chi connectivity index (χ0v) is 10.8. The Labute approximate surface area is 104 Å². The summed E-state index contributed by atoms with van der Waals surface area (Å²) in [5.41, 5.74) is 0. The zero-order valence-electron chi connectivity index (χ0n) is 10.8. The lowest BCUT2D eigenvalue weighted by Gasteiger charge is -2.30. The fourth-order valence-electron chi connectivity index (χ4n) is 2.37. The average molecular weight is 243 g/mol. The molecular formula is C13H25NO3. The number of rotatable bonds is 6. The minimum Gasteiger partial charge on any atom is -0.450 e. The van der Waals surface area contributed by atoms with Crippen LogP contribution in [-0.4, -0.2) is 31.0 Å². The van der Waals surface area contributed by atoms with Gasteiger partial charge in [-0.25, -0.2) is 4.79 Å². The van der Waals surface area contributed by atoms with Gasteiger partial charge in [0.25, 0.3) is 0 Å². The summed E-state index contributed by atoms with van der Waals surface area (Å²) >= 11 is 0. The predicted octanol–water partition coefficient (Wildman–Crippen LogP) is 2.31. The maximum Gasteiger partial charge on any atom is 0.407 e. The predicted molar refractivity (Wildman–Crippen MR) is 66.8 cm³/mol. The molecule has 1 fully saturated rings. The number of ether oxygens (including phenoxy) is 1. The summed E-state index contributed by atoms with van der Waals surface area (Å²) in [6, 6.07) is 0. The normalized spacial score (nSPS) is 24.4. The number of carbonyl (C=O) groups is 1. The van der Waals surface area contributed by atoms with Crippen LogP contribution in [0, 0.1) is 11.8 Å². The largest absolute Gasteiger partial charge is 0.450 e. The van der Waals surface area contributed by atoms with Crippen molar-refractivity contribution in [3.05, 3.63) is 0 Å². The van der Waals surface area contributed by atoms with Crippen LogP contribution in [-0.2, 0) is 4.74 Å². The van der Waals surface area contributed by atoms with Gasteiger partial charge in [0.15, 0.2) is 0 Å². The van der Waals surface area contributed by atoms with Gasteiger partial charge < -0.3 is 15.2 Å². The van der Waals surface area contributed by atoms with E-state index in [-0.39, 0.29) is 12.7 Å². The molecule has 0 aromatic heterocycles. The van der Waals surface area contributed by atoms with E-state index in [1.165, 1.54) is 12.8 Å². The molecule has 0 radical (unpaired) electrons. The smallest absolute Gasteiger partial charge is 0.407 e. The van der Waals surface area contributed by atoms with Crippen LogP contribution in [0.2, 0.25) is 0 Å². The number of aliphatic hydroxyl groups excluding tert-OH is 1. The molecule has 1 rings (SSSR count). The molecule has 1 aliphatic rings. The average Bonchev–Trinajstić information content (AvgIpc) is 2.37. The second kappa shape index (κ2) is 8.34. The summed E-state index contributed by atoms with van der Waals surface area (Å²) in [7, 11) is 0. The Kier molecular flexibility index (Phi) is 7.01. The molecule has 0 bridgehead atoms. The van der Waals surface area contributed by atoms with E-state index in [9.17, 15) is 9.90 Å². The molecule has 0 heterocycles. The van der Waals surface area contributed by atoms with E-state index >= 15 is 0 Å². The Bertz CT molecular complexity index is 221. The molecule has 100 valence electrons. The Morgan fingerprint density at radius 2 is 2.06 bits per heavy atom. The molecule has 0 saturated heterocycles. The molecule has 17 heavy (non-hydrogen) atoms. The lowest BCUT2D eigenvalue weighted by atomic mass is 9.80. The quantitative estimate of drug-likeness (QED) is 0.704. The first-order valence-electron chi connectivity index (χ1n) is 6.79. The monoisotopic (exact) mass is 243 g/mol. The van der Waals surface area contributed by atoms with Crippen molar-refractivity contribution in [3.8, 4) is 0 Å². The molecule has 1 amide bonds. The summed E-state index contributed by atoms with van der Waals surface area (Å²) in [5, 5.41) is 12.1. The Morgan fingerprint density at radius 1 is 1.35 bits per heavy atom. The number of carbonyl (C=O) groups excluding carboxylic acids is 1. The van der Waals surface area contributed by atoms with Gasteiger partial charge in [-0.2, -0.15) is 0 Å². The van der Waals surface area contributed by atoms with Gasteiger partial charge in [-0.05, 0) is 31.1 Å². The van der Waals surface area contributed by atoms with Gasteiger partial charge in [-0.15, -0.1) is 0 Å². The molecule has 0 aromatic rings. The highest BCUT2D eigenvalue weighted by molar-refractivity contribution is 5.67. The van der Waals surface area contributed by atoms with Crippen LogP contribution in [0.5, 0.6) is 0 Å². The number of amides is 1. The van der Waals surface area contributed by atoms with Crippen molar-refractivity contribution < 1.29 is 14.6 Å². The lowest BCUT2D eigenvalue weighted by molar-refractivity contribution is 0.119. The van der Waals surface area contributed by atoms with Gasteiger partial charge in [0.1, 0.15) is 0 Å². The van der Waals surface area contributed by atoms with Crippen molar-refractivity contribution in [1.82, 2.24) is 5.32 Å². The molecular weight excluding hydrogens is 218 g/mol. The highest BCUT2D eigenvalue weighted by Gasteiger charge is 2.24. The number of nitrogens with one attached hydrogen (secondary N) is 1. The van der Waals surface area contributed by atoms with Crippen LogP contribution < -0.4 is 5.32 Å². The second-order valence-corrected chi connectivity index (χ2v) is 4.86. The number of hydrogen-bond donors (Lipinski definition) is 2. The van der Waals surface area contributed by atoms with Crippen molar-refractivity contribution in [1.29, 1.82) is 0 Å². The van der Waals surface area contributed by atoms with Crippen LogP contribution in [0.15, 0.2) is 0 Å². The minimum atomic E-state index is -0.319. The van der Waals surface area contributed by atoms with E-state index in [0.29, 0.717) is 25.0 Å². The van der Waals surface area contributed by atoms with E-state index in [1.807, 2.05) is 0 Å². The summed E-state index contributed by atoms with van der Waals surface area (Å²) in [5.74, 6) is 0.757. The SMILES string of the molecule is CCCCOC(=O)NC[C@@H]1CCCC[C@H]1CO. The van der Waals surface area contributed by atoms with Crippen LogP contribution in [0.25, 0.3) is 0 Å². The van der Waals surface area contributed by atoms with Gasteiger partial charge in [0.2, 0.25) is 0 Å². The van der Waals surface area contributed by atoms with Crippen LogP contribution in [0.1, 0.15) is 45.4 Å². The summed E-state index contributed by atoms with van der Waals surface area (Å²) in [4.78, 5) is 11.4.